The fourth-order valence-electron chi connectivity index (χ4n) is 3.21. The molecule has 2 aromatic rings. The van der Waals surface area contributed by atoms with Crippen molar-refractivity contribution in [3.05, 3.63) is 89.8 Å². The van der Waals surface area contributed by atoms with Gasteiger partial charge < -0.3 is 19.7 Å². The molecule has 0 aliphatic carbocycles. The molecule has 1 N–H and O–H groups in total. The van der Waals surface area contributed by atoms with Crippen LogP contribution in [0.4, 0.5) is 0 Å². The molecular formula is C23H26N2O2S. The standard InChI is InChI=1S/C16H18N2O2.C7H8S/c1-18-9-7-12(13-6-8-17-16(13)18)11-4-5-14(19-2)15(10-11)20-3;8-6-7-4-2-1-3-5-7/h4-10,16-17H,1-3H3;1-5,8H,6H2. The summed E-state index contributed by atoms with van der Waals surface area (Å²) < 4.78 is 10.7. The van der Waals surface area contributed by atoms with Gasteiger partial charge in [-0.25, -0.2) is 0 Å². The van der Waals surface area contributed by atoms with E-state index in [0.29, 0.717) is 0 Å². The van der Waals surface area contributed by atoms with Crippen molar-refractivity contribution >= 4 is 18.2 Å². The lowest BCUT2D eigenvalue weighted by Crippen LogP contribution is -2.37. The minimum atomic E-state index is 0.211. The first-order chi connectivity index (χ1) is 13.7. The van der Waals surface area contributed by atoms with Gasteiger partial charge >= 0.3 is 0 Å². The Bertz CT molecular complexity index is 891. The molecule has 0 amide bonds. The van der Waals surface area contributed by atoms with Crippen LogP contribution >= 0.6 is 12.6 Å². The Morgan fingerprint density at radius 3 is 2.39 bits per heavy atom. The molecule has 0 bridgehead atoms. The van der Waals surface area contributed by atoms with Crippen molar-refractivity contribution in [2.45, 2.75) is 11.9 Å². The number of hydrogen-bond acceptors (Lipinski definition) is 5. The average molecular weight is 395 g/mol. The summed E-state index contributed by atoms with van der Waals surface area (Å²) in [7, 11) is 5.37. The van der Waals surface area contributed by atoms with E-state index in [9.17, 15) is 0 Å². The van der Waals surface area contributed by atoms with E-state index in [1.807, 2.05) is 36.5 Å². The van der Waals surface area contributed by atoms with Gasteiger partial charge in [0, 0.05) is 24.6 Å². The maximum Gasteiger partial charge on any atom is 0.161 e. The Labute approximate surface area is 172 Å². The number of likely N-dealkylation sites (N-methyl/N-ethyl adjacent to an activating group) is 1. The lowest BCUT2D eigenvalue weighted by Gasteiger charge is -2.29. The van der Waals surface area contributed by atoms with Gasteiger partial charge in [-0.2, -0.15) is 12.6 Å². The van der Waals surface area contributed by atoms with Crippen molar-refractivity contribution in [1.29, 1.82) is 0 Å². The van der Waals surface area contributed by atoms with Crippen molar-refractivity contribution in [1.82, 2.24) is 10.2 Å². The highest BCUT2D eigenvalue weighted by Gasteiger charge is 2.25. The van der Waals surface area contributed by atoms with Crippen LogP contribution in [0.2, 0.25) is 0 Å². The number of rotatable bonds is 4. The first-order valence-electron chi connectivity index (χ1n) is 9.12. The van der Waals surface area contributed by atoms with Gasteiger partial charge in [-0.05, 0) is 47.2 Å². The monoisotopic (exact) mass is 394 g/mol. The normalized spacial score (nSPS) is 16.9. The van der Waals surface area contributed by atoms with E-state index in [2.05, 4.69) is 66.4 Å². The number of benzene rings is 2. The van der Waals surface area contributed by atoms with Crippen LogP contribution in [0.15, 0.2) is 78.7 Å². The molecule has 146 valence electrons. The molecule has 5 heteroatoms. The molecule has 2 aliphatic heterocycles. The maximum absolute atomic E-state index is 5.38. The number of ether oxygens (including phenoxy) is 2. The van der Waals surface area contributed by atoms with Gasteiger partial charge in [-0.3, -0.25) is 0 Å². The van der Waals surface area contributed by atoms with Gasteiger partial charge in [0.05, 0.1) is 14.2 Å². The minimum Gasteiger partial charge on any atom is -0.493 e. The first kappa shape index (κ1) is 20.0. The number of fused-ring (bicyclic) bond motifs is 1. The van der Waals surface area contributed by atoms with E-state index in [1.54, 1.807) is 14.2 Å². The van der Waals surface area contributed by atoms with Crippen LogP contribution < -0.4 is 14.8 Å². The first-order valence-corrected chi connectivity index (χ1v) is 9.75. The highest BCUT2D eigenvalue weighted by atomic mass is 32.1. The Kier molecular flexibility index (Phi) is 6.71. The lowest BCUT2D eigenvalue weighted by atomic mass is 9.96. The van der Waals surface area contributed by atoms with Crippen LogP contribution in [-0.4, -0.2) is 32.3 Å². The van der Waals surface area contributed by atoms with Gasteiger partial charge in [0.25, 0.3) is 0 Å². The number of methoxy groups -OCH3 is 2. The molecule has 1 unspecified atom stereocenters. The fourth-order valence-corrected chi connectivity index (χ4v) is 3.42. The van der Waals surface area contributed by atoms with E-state index in [-0.39, 0.29) is 6.17 Å². The Balaban J connectivity index is 0.000000236. The van der Waals surface area contributed by atoms with E-state index in [4.69, 9.17) is 9.47 Å². The van der Waals surface area contributed by atoms with Crippen molar-refractivity contribution in [2.75, 3.05) is 21.3 Å². The van der Waals surface area contributed by atoms with Crippen LogP contribution in [0.5, 0.6) is 11.5 Å². The number of allylic oxidation sites excluding steroid dienone is 2. The summed E-state index contributed by atoms with van der Waals surface area (Å²) >= 11 is 4.11. The minimum absolute atomic E-state index is 0.211. The SMILES string of the molecule is COc1ccc(C2=C3C=CNC3N(C)C=C2)cc1OC.SCc1ccccc1. The quantitative estimate of drug-likeness (QED) is 0.750. The number of hydrogen-bond donors (Lipinski definition) is 2. The molecule has 0 spiro atoms. The van der Waals surface area contributed by atoms with Gasteiger partial charge in [-0.15, -0.1) is 0 Å². The summed E-state index contributed by atoms with van der Waals surface area (Å²) in [6.45, 7) is 0. The molecule has 0 saturated carbocycles. The number of nitrogens with zero attached hydrogens (tertiary/aromatic N) is 1. The average Bonchev–Trinajstić information content (AvgIpc) is 3.25. The summed E-state index contributed by atoms with van der Waals surface area (Å²) in [6.07, 6.45) is 8.54. The van der Waals surface area contributed by atoms with Crippen LogP contribution in [0.1, 0.15) is 11.1 Å². The summed E-state index contributed by atoms with van der Waals surface area (Å²) in [5.74, 6) is 2.33. The van der Waals surface area contributed by atoms with Crippen molar-refractivity contribution in [3.63, 3.8) is 0 Å². The molecule has 4 rings (SSSR count). The molecule has 2 aromatic carbocycles. The smallest absolute Gasteiger partial charge is 0.161 e. The predicted molar refractivity (Wildman–Crippen MR) is 119 cm³/mol. The lowest BCUT2D eigenvalue weighted by molar-refractivity contribution is 0.351. The van der Waals surface area contributed by atoms with Gasteiger partial charge in [0.2, 0.25) is 0 Å². The van der Waals surface area contributed by atoms with E-state index < -0.39 is 0 Å². The van der Waals surface area contributed by atoms with E-state index >= 15 is 0 Å². The Morgan fingerprint density at radius 1 is 1.00 bits per heavy atom. The van der Waals surface area contributed by atoms with E-state index in [0.717, 1.165) is 22.8 Å². The molecule has 28 heavy (non-hydrogen) atoms. The zero-order chi connectivity index (χ0) is 19.9. The topological polar surface area (TPSA) is 33.7 Å². The number of nitrogens with one attached hydrogen (secondary N) is 1. The molecule has 4 nitrogen and oxygen atoms in total. The molecule has 2 aliphatic rings. The Morgan fingerprint density at radius 2 is 1.75 bits per heavy atom. The molecule has 0 fully saturated rings. The van der Waals surface area contributed by atoms with Gasteiger partial charge in [0.15, 0.2) is 11.5 Å². The second kappa shape index (κ2) is 9.42. The van der Waals surface area contributed by atoms with Crippen LogP contribution in [-0.2, 0) is 5.75 Å². The number of thiol groups is 1. The predicted octanol–water partition coefficient (Wildman–Crippen LogP) is 4.48. The molecule has 1 atom stereocenters. The molecule has 0 aromatic heterocycles. The molecule has 0 radical (unpaired) electrons. The van der Waals surface area contributed by atoms with Crippen LogP contribution in [0.3, 0.4) is 0 Å². The zero-order valence-electron chi connectivity index (χ0n) is 16.4. The molecule has 0 saturated heterocycles. The van der Waals surface area contributed by atoms with Crippen LogP contribution in [0, 0.1) is 0 Å². The third-order valence-electron chi connectivity index (χ3n) is 4.73. The van der Waals surface area contributed by atoms with Gasteiger partial charge in [0.1, 0.15) is 6.17 Å². The largest absolute Gasteiger partial charge is 0.493 e. The van der Waals surface area contributed by atoms with Gasteiger partial charge in [-0.1, -0.05) is 36.4 Å². The zero-order valence-corrected chi connectivity index (χ0v) is 17.3. The van der Waals surface area contributed by atoms with Crippen molar-refractivity contribution in [2.24, 2.45) is 0 Å². The van der Waals surface area contributed by atoms with E-state index in [1.165, 1.54) is 16.7 Å². The van der Waals surface area contributed by atoms with Crippen molar-refractivity contribution < 1.29 is 9.47 Å². The summed E-state index contributed by atoms with van der Waals surface area (Å²) in [4.78, 5) is 2.15. The molecule has 2 heterocycles. The second-order valence-electron chi connectivity index (χ2n) is 6.47. The third-order valence-corrected chi connectivity index (χ3v) is 5.09. The third kappa shape index (κ3) is 4.37. The fraction of sp³-hybridized carbons (Fsp3) is 0.217. The molecular weight excluding hydrogens is 368 g/mol. The highest BCUT2D eigenvalue weighted by Crippen LogP contribution is 2.35. The van der Waals surface area contributed by atoms with Crippen LogP contribution in [0.25, 0.3) is 5.57 Å². The summed E-state index contributed by atoms with van der Waals surface area (Å²) in [5.41, 5.74) is 4.87. The Hall–Kier alpha value is -2.79. The summed E-state index contributed by atoms with van der Waals surface area (Å²) in [5, 5.41) is 3.34. The van der Waals surface area contributed by atoms with Crippen molar-refractivity contribution in [3.8, 4) is 11.5 Å². The highest BCUT2D eigenvalue weighted by molar-refractivity contribution is 7.79. The summed E-state index contributed by atoms with van der Waals surface area (Å²) in [6, 6.07) is 16.2. The maximum atomic E-state index is 5.38. The second-order valence-corrected chi connectivity index (χ2v) is 6.78.